The molecular formula is C35H59N3O4. The first-order chi connectivity index (χ1) is 20.7. The summed E-state index contributed by atoms with van der Waals surface area (Å²) < 4.78 is 17.6. The molecule has 42 heavy (non-hydrogen) atoms. The van der Waals surface area contributed by atoms with Gasteiger partial charge in [-0.3, -0.25) is 0 Å². The molecule has 0 atom stereocenters. The number of carbonyl (C=O) groups is 1. The Labute approximate surface area is 255 Å². The van der Waals surface area contributed by atoms with E-state index in [0.29, 0.717) is 24.7 Å². The molecule has 0 bridgehead atoms. The summed E-state index contributed by atoms with van der Waals surface area (Å²) in [6, 6.07) is 5.73. The van der Waals surface area contributed by atoms with Crippen molar-refractivity contribution < 1.29 is 19.0 Å². The lowest BCUT2D eigenvalue weighted by atomic mass is 10.1. The molecular weight excluding hydrogens is 526 g/mol. The van der Waals surface area contributed by atoms with Crippen LogP contribution < -0.4 is 9.47 Å². The van der Waals surface area contributed by atoms with Crippen LogP contribution in [0.2, 0.25) is 0 Å². The topological polar surface area (TPSA) is 86.3 Å². The molecule has 1 N–H and O–H groups in total. The van der Waals surface area contributed by atoms with Gasteiger partial charge in [-0.05, 0) is 38.0 Å². The minimum absolute atomic E-state index is 0.177. The van der Waals surface area contributed by atoms with Crippen LogP contribution in [0.1, 0.15) is 160 Å². The van der Waals surface area contributed by atoms with Gasteiger partial charge in [-0.1, -0.05) is 129 Å². The lowest BCUT2D eigenvalue weighted by molar-refractivity contribution is 0.0520. The van der Waals surface area contributed by atoms with Crippen molar-refractivity contribution >= 4 is 5.97 Å². The van der Waals surface area contributed by atoms with Crippen LogP contribution in [0.3, 0.4) is 0 Å². The molecule has 0 saturated heterocycles. The zero-order valence-electron chi connectivity index (χ0n) is 27.0. The molecule has 0 aliphatic rings. The van der Waals surface area contributed by atoms with E-state index in [0.717, 1.165) is 24.2 Å². The van der Waals surface area contributed by atoms with Gasteiger partial charge >= 0.3 is 5.97 Å². The maximum atomic E-state index is 12.4. The number of carbonyl (C=O) groups excluding carboxylic acids is 1. The molecule has 238 valence electrons. The van der Waals surface area contributed by atoms with E-state index in [1.165, 1.54) is 116 Å². The summed E-state index contributed by atoms with van der Waals surface area (Å²) in [5.74, 6) is 0.937. The van der Waals surface area contributed by atoms with E-state index in [4.69, 9.17) is 14.2 Å². The Morgan fingerprint density at radius 2 is 1.10 bits per heavy atom. The van der Waals surface area contributed by atoms with Crippen molar-refractivity contribution in [2.45, 2.75) is 149 Å². The fourth-order valence-electron chi connectivity index (χ4n) is 5.20. The smallest absolute Gasteiger partial charge is 0.361 e. The SMILES string of the molecule is CCCCCCCCCCCCOc1ccc(-c2n[nH]nc2C(=O)OCC)cc1OCCCCCCCCCCCC. The lowest BCUT2D eigenvalue weighted by Gasteiger charge is -2.14. The van der Waals surface area contributed by atoms with Gasteiger partial charge in [0.05, 0.1) is 19.8 Å². The second-order valence-corrected chi connectivity index (χ2v) is 11.5. The van der Waals surface area contributed by atoms with E-state index in [2.05, 4.69) is 29.3 Å². The number of esters is 1. The predicted molar refractivity (Wildman–Crippen MR) is 172 cm³/mol. The minimum Gasteiger partial charge on any atom is -0.490 e. The zero-order chi connectivity index (χ0) is 30.1. The van der Waals surface area contributed by atoms with Crippen molar-refractivity contribution in [3.63, 3.8) is 0 Å². The summed E-state index contributed by atoms with van der Waals surface area (Å²) >= 11 is 0. The molecule has 7 heteroatoms. The molecule has 7 nitrogen and oxygen atoms in total. The standard InChI is InChI=1S/C35H59N3O4/c1-4-7-9-11-13-15-17-19-21-23-27-41-31-26-25-30(33-34(37-38-36-33)35(39)40-6-3)29-32(31)42-28-24-22-20-18-16-14-12-10-8-5-2/h25-26,29H,4-24,27-28H2,1-3H3,(H,36,37,38). The molecule has 0 unspecified atom stereocenters. The monoisotopic (exact) mass is 585 g/mol. The van der Waals surface area contributed by atoms with Crippen molar-refractivity contribution in [1.29, 1.82) is 0 Å². The summed E-state index contributed by atoms with van der Waals surface area (Å²) in [4.78, 5) is 12.4. The van der Waals surface area contributed by atoms with Crippen LogP contribution in [0.5, 0.6) is 11.5 Å². The van der Waals surface area contributed by atoms with Crippen molar-refractivity contribution in [3.05, 3.63) is 23.9 Å². The Morgan fingerprint density at radius 3 is 1.60 bits per heavy atom. The highest BCUT2D eigenvalue weighted by Gasteiger charge is 2.20. The maximum absolute atomic E-state index is 12.4. The number of benzene rings is 1. The Morgan fingerprint density at radius 1 is 0.619 bits per heavy atom. The van der Waals surface area contributed by atoms with Gasteiger partial charge in [0.1, 0.15) is 5.69 Å². The van der Waals surface area contributed by atoms with E-state index in [1.54, 1.807) is 6.92 Å². The van der Waals surface area contributed by atoms with Gasteiger partial charge in [-0.2, -0.15) is 10.3 Å². The highest BCUT2D eigenvalue weighted by Crippen LogP contribution is 2.33. The molecule has 1 aromatic heterocycles. The third kappa shape index (κ3) is 15.1. The van der Waals surface area contributed by atoms with Crippen LogP contribution in [0.25, 0.3) is 11.3 Å². The van der Waals surface area contributed by atoms with E-state index in [-0.39, 0.29) is 12.3 Å². The largest absolute Gasteiger partial charge is 0.490 e. The quantitative estimate of drug-likeness (QED) is 0.0829. The Balaban J connectivity index is 1.84. The number of nitrogens with one attached hydrogen (secondary N) is 1. The van der Waals surface area contributed by atoms with Crippen molar-refractivity contribution in [2.75, 3.05) is 19.8 Å². The van der Waals surface area contributed by atoms with Gasteiger partial charge in [0.25, 0.3) is 0 Å². The van der Waals surface area contributed by atoms with E-state index < -0.39 is 5.97 Å². The normalized spacial score (nSPS) is 11.1. The summed E-state index contributed by atoms with van der Waals surface area (Å²) in [7, 11) is 0. The fourth-order valence-corrected chi connectivity index (χ4v) is 5.20. The number of aromatic nitrogens is 3. The summed E-state index contributed by atoms with van der Waals surface area (Å²) in [6.45, 7) is 7.90. The number of hydrogen-bond donors (Lipinski definition) is 1. The third-order valence-electron chi connectivity index (χ3n) is 7.74. The first kappa shape index (κ1) is 35.6. The highest BCUT2D eigenvalue weighted by atomic mass is 16.5. The molecule has 0 saturated carbocycles. The van der Waals surface area contributed by atoms with Crippen LogP contribution in [0.4, 0.5) is 0 Å². The third-order valence-corrected chi connectivity index (χ3v) is 7.74. The average molecular weight is 586 g/mol. The molecule has 0 spiro atoms. The number of ether oxygens (including phenoxy) is 3. The van der Waals surface area contributed by atoms with Gasteiger partial charge in [0, 0.05) is 5.56 Å². The molecule has 0 radical (unpaired) electrons. The van der Waals surface area contributed by atoms with Crippen molar-refractivity contribution in [3.8, 4) is 22.8 Å². The van der Waals surface area contributed by atoms with E-state index in [1.807, 2.05) is 18.2 Å². The van der Waals surface area contributed by atoms with Gasteiger partial charge in [0.15, 0.2) is 17.2 Å². The first-order valence-electron chi connectivity index (χ1n) is 17.2. The Hall–Kier alpha value is -2.57. The average Bonchev–Trinajstić information content (AvgIpc) is 3.49. The molecule has 0 aliphatic carbocycles. The molecule has 1 heterocycles. The molecule has 1 aromatic carbocycles. The number of H-pyrrole nitrogens is 1. The minimum atomic E-state index is -0.490. The van der Waals surface area contributed by atoms with Crippen LogP contribution >= 0.6 is 0 Å². The van der Waals surface area contributed by atoms with E-state index in [9.17, 15) is 4.79 Å². The van der Waals surface area contributed by atoms with Crippen LogP contribution in [-0.4, -0.2) is 41.2 Å². The lowest BCUT2D eigenvalue weighted by Crippen LogP contribution is -2.07. The number of aromatic amines is 1. The number of rotatable bonds is 27. The van der Waals surface area contributed by atoms with Crippen molar-refractivity contribution in [2.24, 2.45) is 0 Å². The van der Waals surface area contributed by atoms with Gasteiger partial charge in [0.2, 0.25) is 0 Å². The Kier molecular flexibility index (Phi) is 20.3. The van der Waals surface area contributed by atoms with Gasteiger partial charge < -0.3 is 14.2 Å². The molecule has 0 fully saturated rings. The summed E-state index contributed by atoms with van der Waals surface area (Å²) in [5.41, 5.74) is 1.38. The predicted octanol–water partition coefficient (Wildman–Crippen LogP) is 10.2. The van der Waals surface area contributed by atoms with Crippen LogP contribution in [0, 0.1) is 0 Å². The fraction of sp³-hybridized carbons (Fsp3) is 0.743. The number of unbranched alkanes of at least 4 members (excludes halogenated alkanes) is 18. The zero-order valence-corrected chi connectivity index (χ0v) is 27.0. The summed E-state index contributed by atoms with van der Waals surface area (Å²) in [6.07, 6.45) is 25.8. The maximum Gasteiger partial charge on any atom is 0.361 e. The Bertz CT molecular complexity index is 946. The molecule has 0 aliphatic heterocycles. The van der Waals surface area contributed by atoms with Crippen molar-refractivity contribution in [1.82, 2.24) is 15.4 Å². The highest BCUT2D eigenvalue weighted by molar-refractivity contribution is 5.94. The first-order valence-corrected chi connectivity index (χ1v) is 17.2. The molecule has 2 rings (SSSR count). The molecule has 2 aromatic rings. The van der Waals surface area contributed by atoms with Gasteiger partial charge in [-0.25, -0.2) is 4.79 Å². The van der Waals surface area contributed by atoms with Crippen LogP contribution in [0.15, 0.2) is 18.2 Å². The second-order valence-electron chi connectivity index (χ2n) is 11.5. The number of nitrogens with zero attached hydrogens (tertiary/aromatic N) is 2. The van der Waals surface area contributed by atoms with Crippen LogP contribution in [-0.2, 0) is 4.74 Å². The molecule has 0 amide bonds. The second kappa shape index (κ2) is 23.9. The van der Waals surface area contributed by atoms with Gasteiger partial charge in [-0.15, -0.1) is 5.10 Å². The number of hydrogen-bond acceptors (Lipinski definition) is 6. The van der Waals surface area contributed by atoms with E-state index >= 15 is 0 Å². The summed E-state index contributed by atoms with van der Waals surface area (Å²) in [5, 5.41) is 10.8.